The standard InChI is InChI=1S/C20H20F3N3O3/c21-20(22,23)15-2-1-3-17(12-15)24-13-18(27)25-16-6-4-14(5-7-16)19(28)26-8-10-29-11-9-26/h1-7,12,24H,8-11,13H2,(H,25,27). The topological polar surface area (TPSA) is 70.7 Å². The maximum absolute atomic E-state index is 12.7. The molecule has 2 N–H and O–H groups in total. The van der Waals surface area contributed by atoms with Crippen molar-refractivity contribution in [1.82, 2.24) is 4.90 Å². The molecule has 1 fully saturated rings. The number of morpholine rings is 1. The van der Waals surface area contributed by atoms with E-state index in [0.29, 0.717) is 37.6 Å². The lowest BCUT2D eigenvalue weighted by Gasteiger charge is -2.26. The summed E-state index contributed by atoms with van der Waals surface area (Å²) < 4.78 is 43.4. The first kappa shape index (κ1) is 20.7. The molecule has 2 aromatic rings. The summed E-state index contributed by atoms with van der Waals surface area (Å²) in [4.78, 5) is 26.1. The number of amides is 2. The van der Waals surface area contributed by atoms with Gasteiger partial charge in [0.25, 0.3) is 5.91 Å². The highest BCUT2D eigenvalue weighted by molar-refractivity contribution is 5.96. The Kier molecular flexibility index (Phi) is 6.38. The van der Waals surface area contributed by atoms with Crippen LogP contribution in [0.1, 0.15) is 15.9 Å². The monoisotopic (exact) mass is 407 g/mol. The van der Waals surface area contributed by atoms with Gasteiger partial charge < -0.3 is 20.3 Å². The van der Waals surface area contributed by atoms with Crippen LogP contribution >= 0.6 is 0 Å². The summed E-state index contributed by atoms with van der Waals surface area (Å²) in [6.45, 7) is 1.91. The van der Waals surface area contributed by atoms with Crippen molar-refractivity contribution in [2.24, 2.45) is 0 Å². The first-order valence-electron chi connectivity index (χ1n) is 9.01. The van der Waals surface area contributed by atoms with Crippen molar-refractivity contribution in [3.63, 3.8) is 0 Å². The summed E-state index contributed by atoms with van der Waals surface area (Å²) in [6.07, 6.45) is -4.44. The van der Waals surface area contributed by atoms with Gasteiger partial charge in [-0.1, -0.05) is 6.07 Å². The van der Waals surface area contributed by atoms with E-state index in [1.54, 1.807) is 29.2 Å². The van der Waals surface area contributed by atoms with Crippen molar-refractivity contribution in [2.45, 2.75) is 6.18 Å². The van der Waals surface area contributed by atoms with Gasteiger partial charge in [0, 0.05) is 30.0 Å². The van der Waals surface area contributed by atoms with E-state index >= 15 is 0 Å². The van der Waals surface area contributed by atoms with Gasteiger partial charge in [-0.15, -0.1) is 0 Å². The van der Waals surface area contributed by atoms with Crippen molar-refractivity contribution in [2.75, 3.05) is 43.5 Å². The summed E-state index contributed by atoms with van der Waals surface area (Å²) in [7, 11) is 0. The number of benzene rings is 2. The fourth-order valence-electron chi connectivity index (χ4n) is 2.84. The lowest BCUT2D eigenvalue weighted by molar-refractivity contribution is -0.137. The summed E-state index contributed by atoms with van der Waals surface area (Å²) in [6, 6.07) is 11.1. The number of hydrogen-bond acceptors (Lipinski definition) is 4. The third-order valence-corrected chi connectivity index (χ3v) is 4.36. The second-order valence-corrected chi connectivity index (χ2v) is 6.46. The third-order valence-electron chi connectivity index (χ3n) is 4.36. The fraction of sp³-hybridized carbons (Fsp3) is 0.300. The molecule has 0 bridgehead atoms. The Hall–Kier alpha value is -3.07. The van der Waals surface area contributed by atoms with Gasteiger partial charge in [-0.05, 0) is 42.5 Å². The van der Waals surface area contributed by atoms with E-state index in [9.17, 15) is 22.8 Å². The number of anilines is 2. The smallest absolute Gasteiger partial charge is 0.378 e. The summed E-state index contributed by atoms with van der Waals surface area (Å²) in [5, 5.41) is 5.30. The maximum atomic E-state index is 12.7. The Morgan fingerprint density at radius 1 is 1.00 bits per heavy atom. The predicted molar refractivity (Wildman–Crippen MR) is 102 cm³/mol. The van der Waals surface area contributed by atoms with Crippen LogP contribution in [0.4, 0.5) is 24.5 Å². The van der Waals surface area contributed by atoms with E-state index < -0.39 is 17.6 Å². The Morgan fingerprint density at radius 2 is 1.69 bits per heavy atom. The van der Waals surface area contributed by atoms with E-state index in [-0.39, 0.29) is 18.1 Å². The largest absolute Gasteiger partial charge is 0.416 e. The molecule has 3 rings (SSSR count). The number of nitrogens with zero attached hydrogens (tertiary/aromatic N) is 1. The van der Waals surface area contributed by atoms with Crippen LogP contribution in [0.3, 0.4) is 0 Å². The van der Waals surface area contributed by atoms with Crippen LogP contribution < -0.4 is 10.6 Å². The van der Waals surface area contributed by atoms with Crippen molar-refractivity contribution < 1.29 is 27.5 Å². The van der Waals surface area contributed by atoms with Crippen LogP contribution in [0.5, 0.6) is 0 Å². The number of carbonyl (C=O) groups is 2. The lowest BCUT2D eigenvalue weighted by atomic mass is 10.1. The zero-order valence-electron chi connectivity index (χ0n) is 15.5. The molecule has 0 atom stereocenters. The number of alkyl halides is 3. The Morgan fingerprint density at radius 3 is 2.34 bits per heavy atom. The lowest BCUT2D eigenvalue weighted by Crippen LogP contribution is -2.40. The third kappa shape index (κ3) is 5.71. The molecule has 0 saturated carbocycles. The van der Waals surface area contributed by atoms with E-state index in [0.717, 1.165) is 12.1 Å². The molecule has 6 nitrogen and oxygen atoms in total. The predicted octanol–water partition coefficient (Wildman–Crippen LogP) is 3.23. The number of halogens is 3. The second-order valence-electron chi connectivity index (χ2n) is 6.46. The second kappa shape index (κ2) is 8.95. The minimum atomic E-state index is -4.44. The van der Waals surface area contributed by atoms with Crippen LogP contribution in [0.25, 0.3) is 0 Å². The van der Waals surface area contributed by atoms with Gasteiger partial charge in [-0.2, -0.15) is 13.2 Å². The molecule has 154 valence electrons. The molecule has 0 aliphatic carbocycles. The Balaban J connectivity index is 1.52. The quantitative estimate of drug-likeness (QED) is 0.799. The van der Waals surface area contributed by atoms with Gasteiger partial charge in [-0.3, -0.25) is 9.59 Å². The first-order valence-corrected chi connectivity index (χ1v) is 9.01. The highest BCUT2D eigenvalue weighted by atomic mass is 19.4. The minimum absolute atomic E-state index is 0.0996. The SMILES string of the molecule is O=C(CNc1cccc(C(F)(F)F)c1)Nc1ccc(C(=O)N2CCOCC2)cc1. The van der Waals surface area contributed by atoms with Crippen molar-refractivity contribution in [3.8, 4) is 0 Å². The molecule has 1 aliphatic rings. The number of nitrogens with one attached hydrogen (secondary N) is 2. The van der Waals surface area contributed by atoms with Gasteiger partial charge >= 0.3 is 6.18 Å². The van der Waals surface area contributed by atoms with Crippen molar-refractivity contribution >= 4 is 23.2 Å². The van der Waals surface area contributed by atoms with Gasteiger partial charge in [-0.25, -0.2) is 0 Å². The number of hydrogen-bond donors (Lipinski definition) is 2. The molecule has 1 aliphatic heterocycles. The highest BCUT2D eigenvalue weighted by Gasteiger charge is 2.30. The zero-order valence-corrected chi connectivity index (χ0v) is 15.5. The normalized spacial score (nSPS) is 14.4. The van der Waals surface area contributed by atoms with E-state index in [1.165, 1.54) is 12.1 Å². The molecule has 2 amide bonds. The summed E-state index contributed by atoms with van der Waals surface area (Å²) in [5.74, 6) is -0.521. The highest BCUT2D eigenvalue weighted by Crippen LogP contribution is 2.30. The zero-order chi connectivity index (χ0) is 20.9. The molecule has 0 spiro atoms. The summed E-state index contributed by atoms with van der Waals surface area (Å²) in [5.41, 5.74) is 0.399. The maximum Gasteiger partial charge on any atom is 0.416 e. The van der Waals surface area contributed by atoms with Crippen LogP contribution in [0.2, 0.25) is 0 Å². The van der Waals surface area contributed by atoms with Crippen LogP contribution in [0, 0.1) is 0 Å². The van der Waals surface area contributed by atoms with Crippen molar-refractivity contribution in [3.05, 3.63) is 59.7 Å². The van der Waals surface area contributed by atoms with Crippen LogP contribution in [0.15, 0.2) is 48.5 Å². The molecule has 0 unspecified atom stereocenters. The van der Waals surface area contributed by atoms with Gasteiger partial charge in [0.2, 0.25) is 5.91 Å². The first-order chi connectivity index (χ1) is 13.8. The molecular weight excluding hydrogens is 387 g/mol. The fourth-order valence-corrected chi connectivity index (χ4v) is 2.84. The van der Waals surface area contributed by atoms with Crippen molar-refractivity contribution in [1.29, 1.82) is 0 Å². The number of ether oxygens (including phenoxy) is 1. The summed E-state index contributed by atoms with van der Waals surface area (Å²) >= 11 is 0. The molecule has 29 heavy (non-hydrogen) atoms. The Labute approximate surface area is 165 Å². The van der Waals surface area contributed by atoms with Gasteiger partial charge in [0.1, 0.15) is 0 Å². The minimum Gasteiger partial charge on any atom is -0.378 e. The van der Waals surface area contributed by atoms with Gasteiger partial charge in [0.05, 0.1) is 25.3 Å². The molecule has 1 heterocycles. The van der Waals surface area contributed by atoms with E-state index in [1.807, 2.05) is 0 Å². The average Bonchev–Trinajstić information content (AvgIpc) is 2.72. The van der Waals surface area contributed by atoms with Gasteiger partial charge in [0.15, 0.2) is 0 Å². The Bertz CT molecular complexity index is 863. The van der Waals surface area contributed by atoms with Crippen LogP contribution in [-0.4, -0.2) is 49.6 Å². The van der Waals surface area contributed by atoms with E-state index in [2.05, 4.69) is 10.6 Å². The number of rotatable bonds is 5. The van der Waals surface area contributed by atoms with Crippen LogP contribution in [-0.2, 0) is 15.7 Å². The average molecular weight is 407 g/mol. The number of carbonyl (C=O) groups excluding carboxylic acids is 2. The molecule has 9 heteroatoms. The molecule has 2 aromatic carbocycles. The molecule has 0 radical (unpaired) electrons. The molecule has 0 aromatic heterocycles. The molecular formula is C20H20F3N3O3. The van der Waals surface area contributed by atoms with E-state index in [4.69, 9.17) is 4.74 Å². The molecule has 1 saturated heterocycles.